The van der Waals surface area contributed by atoms with Gasteiger partial charge in [0.25, 0.3) is 5.88 Å². The van der Waals surface area contributed by atoms with Crippen LogP contribution in [0.15, 0.2) is 55.2 Å². The number of carbonyl (C=O) groups excluding carboxylic acids is 1. The van der Waals surface area contributed by atoms with Crippen LogP contribution in [0.2, 0.25) is 0 Å². The molecule has 4 rings (SSSR count). The average Bonchev–Trinajstić information content (AvgIpc) is 3.63. The molecule has 0 radical (unpaired) electrons. The van der Waals surface area contributed by atoms with Crippen LogP contribution in [-0.2, 0) is 30.9 Å². The first kappa shape index (κ1) is 42.0. The van der Waals surface area contributed by atoms with Crippen LogP contribution in [0.1, 0.15) is 38.1 Å². The van der Waals surface area contributed by atoms with Gasteiger partial charge in [0.1, 0.15) is 40.6 Å². The Morgan fingerprint density at radius 3 is 2.42 bits per heavy atom. The molecular formula is C30H36F6N4O6S2. The second kappa shape index (κ2) is 19.7. The third-order valence-corrected chi connectivity index (χ3v) is 7.64. The summed E-state index contributed by atoms with van der Waals surface area (Å²) in [6, 6.07) is 1.40. The van der Waals surface area contributed by atoms with Crippen molar-refractivity contribution in [3.05, 3.63) is 72.2 Å². The number of thiophene rings is 1. The van der Waals surface area contributed by atoms with Crippen molar-refractivity contribution in [2.75, 3.05) is 33.9 Å². The summed E-state index contributed by atoms with van der Waals surface area (Å²) in [5.74, 6) is -3.20. The van der Waals surface area contributed by atoms with Crippen LogP contribution in [0.25, 0.3) is 27.6 Å². The van der Waals surface area contributed by atoms with E-state index < -0.39 is 43.2 Å². The van der Waals surface area contributed by atoms with Crippen LogP contribution in [0.3, 0.4) is 0 Å². The number of pyridine rings is 1. The van der Waals surface area contributed by atoms with E-state index >= 15 is 0 Å². The number of fused-ring (bicyclic) bond motifs is 2. The lowest BCUT2D eigenvalue weighted by molar-refractivity contribution is -0.104. The summed E-state index contributed by atoms with van der Waals surface area (Å²) in [7, 11) is -2.66. The number of allylic oxidation sites excluding steroid dienone is 3. The number of alkyl halides is 3. The van der Waals surface area contributed by atoms with Gasteiger partial charge < -0.3 is 13.7 Å². The molecule has 1 aliphatic heterocycles. The van der Waals surface area contributed by atoms with E-state index in [0.717, 1.165) is 11.5 Å². The Kier molecular flexibility index (Phi) is 17.3. The smallest absolute Gasteiger partial charge is 0.499 e. The van der Waals surface area contributed by atoms with Gasteiger partial charge in [-0.2, -0.15) is 26.7 Å². The van der Waals surface area contributed by atoms with E-state index in [-0.39, 0.29) is 29.3 Å². The van der Waals surface area contributed by atoms with E-state index in [9.17, 15) is 34.8 Å². The average molecular weight is 727 g/mol. The van der Waals surface area contributed by atoms with E-state index in [0.29, 0.717) is 55.7 Å². The third kappa shape index (κ3) is 11.3. The molecule has 1 aliphatic rings. The Bertz CT molecular complexity index is 1680. The maximum Gasteiger partial charge on any atom is 0.534 e. The maximum atomic E-state index is 14.8. The molecule has 1 unspecified atom stereocenters. The number of halogens is 6. The number of rotatable bonds is 10. The van der Waals surface area contributed by atoms with Crippen molar-refractivity contribution >= 4 is 43.9 Å². The van der Waals surface area contributed by atoms with Crippen LogP contribution in [0.5, 0.6) is 5.88 Å². The molecule has 0 aliphatic carbocycles. The molecule has 10 nitrogen and oxygen atoms in total. The van der Waals surface area contributed by atoms with Crippen molar-refractivity contribution in [1.29, 1.82) is 0 Å². The molecule has 0 bridgehead atoms. The highest BCUT2D eigenvalue weighted by Crippen LogP contribution is 2.42. The molecular weight excluding hydrogens is 690 g/mol. The molecule has 0 spiro atoms. The van der Waals surface area contributed by atoms with Crippen molar-refractivity contribution in [3.63, 3.8) is 0 Å². The number of hydrogen-bond donors (Lipinski definition) is 0. The first-order valence-electron chi connectivity index (χ1n) is 14.0. The van der Waals surface area contributed by atoms with E-state index in [4.69, 9.17) is 9.53 Å². The number of hydrogen-bond acceptors (Lipinski definition) is 10. The molecule has 0 saturated carbocycles. The van der Waals surface area contributed by atoms with Crippen LogP contribution >= 0.6 is 11.3 Å². The molecule has 3 aromatic heterocycles. The highest BCUT2D eigenvalue weighted by molar-refractivity contribution is 7.88. The summed E-state index contributed by atoms with van der Waals surface area (Å²) in [5, 5.41) is 4.82. The highest BCUT2D eigenvalue weighted by atomic mass is 32.2. The molecule has 1 atom stereocenters. The minimum absolute atomic E-state index is 0.00665. The van der Waals surface area contributed by atoms with E-state index in [1.807, 2.05) is 32.7 Å². The zero-order chi connectivity index (χ0) is 36.7. The maximum absolute atomic E-state index is 14.8. The Morgan fingerprint density at radius 2 is 1.88 bits per heavy atom. The van der Waals surface area contributed by atoms with Crippen LogP contribution in [-0.4, -0.2) is 73.8 Å². The summed E-state index contributed by atoms with van der Waals surface area (Å²) < 4.78 is 119. The minimum Gasteiger partial charge on any atom is -0.499 e. The lowest BCUT2D eigenvalue weighted by Crippen LogP contribution is -2.33. The number of methoxy groups -OCH3 is 1. The Morgan fingerprint density at radius 1 is 1.23 bits per heavy atom. The van der Waals surface area contributed by atoms with Crippen molar-refractivity contribution in [3.8, 4) is 17.3 Å². The van der Waals surface area contributed by atoms with Crippen LogP contribution in [0.4, 0.5) is 26.3 Å². The van der Waals surface area contributed by atoms with Gasteiger partial charge in [0, 0.05) is 42.6 Å². The zero-order valence-electron chi connectivity index (χ0n) is 26.8. The van der Waals surface area contributed by atoms with Gasteiger partial charge in [-0.25, -0.2) is 18.2 Å². The molecule has 0 fully saturated rings. The third-order valence-electron chi connectivity index (χ3n) is 5.76. The summed E-state index contributed by atoms with van der Waals surface area (Å²) in [6.45, 7) is 14.6. The largest absolute Gasteiger partial charge is 0.534 e. The number of ether oxygens (including phenoxy) is 2. The zero-order valence-corrected chi connectivity index (χ0v) is 28.4. The number of aldehydes is 1. The Labute approximate surface area is 278 Å². The van der Waals surface area contributed by atoms with Gasteiger partial charge in [-0.15, -0.1) is 11.3 Å². The van der Waals surface area contributed by atoms with Crippen molar-refractivity contribution in [1.82, 2.24) is 19.7 Å². The minimum atomic E-state index is -6.16. The van der Waals surface area contributed by atoms with Crippen LogP contribution < -0.4 is 4.18 Å². The lowest BCUT2D eigenvalue weighted by Gasteiger charge is -2.28. The van der Waals surface area contributed by atoms with Gasteiger partial charge in [-0.3, -0.25) is 14.4 Å². The Balaban J connectivity index is 0.000000758. The predicted molar refractivity (Wildman–Crippen MR) is 172 cm³/mol. The van der Waals surface area contributed by atoms with Crippen LogP contribution in [0, 0.1) is 5.82 Å². The van der Waals surface area contributed by atoms with Gasteiger partial charge in [-0.05, 0) is 32.2 Å². The van der Waals surface area contributed by atoms with Gasteiger partial charge >= 0.3 is 15.6 Å². The second-order valence-electron chi connectivity index (χ2n) is 9.19. The monoisotopic (exact) mass is 726 g/mol. The van der Waals surface area contributed by atoms with Crippen molar-refractivity contribution in [2.45, 2.75) is 38.9 Å². The molecule has 18 heteroatoms. The second-order valence-corrected chi connectivity index (χ2v) is 11.6. The van der Waals surface area contributed by atoms with Gasteiger partial charge in [0.15, 0.2) is 0 Å². The fourth-order valence-corrected chi connectivity index (χ4v) is 5.33. The lowest BCUT2D eigenvalue weighted by atomic mass is 10.0. The molecule has 0 aromatic carbocycles. The van der Waals surface area contributed by atoms with Crippen molar-refractivity contribution < 1.29 is 53.2 Å². The number of likely N-dealkylation sites (N-methyl/N-ethyl adjacent to an activating group) is 1. The number of aromatic nitrogens is 3. The van der Waals surface area contributed by atoms with Gasteiger partial charge in [0.2, 0.25) is 0 Å². The topological polar surface area (TPSA) is 113 Å². The quantitative estimate of drug-likeness (QED) is 0.0306. The van der Waals surface area contributed by atoms with E-state index in [1.165, 1.54) is 18.4 Å². The molecule has 3 aromatic rings. The summed E-state index contributed by atoms with van der Waals surface area (Å²) in [5.41, 5.74) is -5.71. The summed E-state index contributed by atoms with van der Waals surface area (Å²) in [6.07, 6.45) is 4.31. The molecule has 0 amide bonds. The standard InChI is InChI=1S/C20H16F6N4O3S2.C5H10O2.C3H4O.C2H6/c1-10-7-29(2)8-12-6-15(28-30(10)12)17-13(5-11(22)3-4-21)16-14(23)9-34-18(16)19(27-17)33-35(31,32)20(24,25)26;1-3-7-5-4-6-2;1-2-3-4;1-2/h3-6,9-10H,7-8H2,1-2H3;3H,1,4-5H2,2H3;2-3H,1H2;1-2H3/b4-3+,11-5?;;;. The van der Waals surface area contributed by atoms with E-state index in [1.54, 1.807) is 11.8 Å². The fraction of sp³-hybridized carbons (Fsp3) is 0.367. The predicted octanol–water partition coefficient (Wildman–Crippen LogP) is 7.52. The number of carbonyl (C=O) groups is 1. The summed E-state index contributed by atoms with van der Waals surface area (Å²) >= 11 is 0.508. The molecule has 0 saturated heterocycles. The van der Waals surface area contributed by atoms with Gasteiger partial charge in [0.05, 0.1) is 30.9 Å². The number of nitrogens with zero attached hydrogens (tertiary/aromatic N) is 4. The first-order chi connectivity index (χ1) is 22.6. The molecule has 0 N–H and O–H groups in total. The molecule has 48 heavy (non-hydrogen) atoms. The van der Waals surface area contributed by atoms with E-state index in [2.05, 4.69) is 32.2 Å². The summed E-state index contributed by atoms with van der Waals surface area (Å²) in [4.78, 5) is 14.9. The fourth-order valence-electron chi connectivity index (χ4n) is 4.00. The first-order valence-corrected chi connectivity index (χ1v) is 16.2. The highest BCUT2D eigenvalue weighted by Gasteiger charge is 2.49. The van der Waals surface area contributed by atoms with Crippen molar-refractivity contribution in [2.24, 2.45) is 0 Å². The SMILES string of the molecule is C=CC=O.C=COCCOC.CC.CC1CN(C)Cc2cc(-c3nc(OS(=O)(=O)C(F)(F)F)c4scc(F)c4c3C=C(F)/C=C/F)nn21. The Hall–Kier alpha value is -4.00. The molecule has 266 valence electrons. The van der Waals surface area contributed by atoms with Gasteiger partial charge in [-0.1, -0.05) is 27.0 Å². The normalized spacial score (nSPS) is 14.8. The molecule has 4 heterocycles.